The first-order valence-corrected chi connectivity index (χ1v) is 7.26. The van der Waals surface area contributed by atoms with Crippen molar-refractivity contribution in [3.05, 3.63) is 29.6 Å². The van der Waals surface area contributed by atoms with Crippen LogP contribution in [-0.4, -0.2) is 27.5 Å². The highest BCUT2D eigenvalue weighted by molar-refractivity contribution is 7.89. The average molecular weight is 331 g/mol. The van der Waals surface area contributed by atoms with Crippen LogP contribution in [0.25, 0.3) is 0 Å². The van der Waals surface area contributed by atoms with Crippen LogP contribution in [-0.2, 0) is 10.0 Å². The molecule has 9 heteroatoms. The summed E-state index contributed by atoms with van der Waals surface area (Å²) in [6, 6.07) is 0.978. The molecule has 1 aliphatic heterocycles. The van der Waals surface area contributed by atoms with Crippen LogP contribution in [0.1, 0.15) is 12.8 Å². The summed E-state index contributed by atoms with van der Waals surface area (Å²) in [7, 11) is -4.19. The van der Waals surface area contributed by atoms with Gasteiger partial charge in [-0.1, -0.05) is 0 Å². The fourth-order valence-corrected chi connectivity index (χ4v) is 3.31. The van der Waals surface area contributed by atoms with Gasteiger partial charge in [-0.2, -0.15) is 0 Å². The van der Waals surface area contributed by atoms with Gasteiger partial charge in [-0.25, -0.2) is 26.3 Å². The average Bonchev–Trinajstić information content (AvgIpc) is 2.36. The molecule has 0 amide bonds. The van der Waals surface area contributed by atoms with E-state index in [4.69, 9.17) is 0 Å². The molecule has 1 fully saturated rings. The number of piperidine rings is 1. The van der Waals surface area contributed by atoms with E-state index in [2.05, 4.69) is 10.0 Å². The maximum atomic E-state index is 13.5. The second-order valence-electron chi connectivity index (χ2n) is 4.32. The van der Waals surface area contributed by atoms with Crippen LogP contribution in [0.4, 0.5) is 13.2 Å². The van der Waals surface area contributed by atoms with Gasteiger partial charge < -0.3 is 5.32 Å². The molecule has 2 N–H and O–H groups in total. The van der Waals surface area contributed by atoms with Crippen molar-refractivity contribution in [1.82, 2.24) is 10.0 Å². The molecule has 0 radical (unpaired) electrons. The molecule has 1 heterocycles. The van der Waals surface area contributed by atoms with Crippen LogP contribution >= 0.6 is 12.4 Å². The Hall–Kier alpha value is -0.830. The Labute approximate surface area is 121 Å². The highest BCUT2D eigenvalue weighted by atomic mass is 35.5. The van der Waals surface area contributed by atoms with Crippen molar-refractivity contribution in [2.75, 3.05) is 13.1 Å². The number of sulfonamides is 1. The van der Waals surface area contributed by atoms with Crippen LogP contribution < -0.4 is 10.0 Å². The molecular weight excluding hydrogens is 317 g/mol. The number of rotatable bonds is 3. The Morgan fingerprint density at radius 1 is 1.10 bits per heavy atom. The van der Waals surface area contributed by atoms with Gasteiger partial charge in [-0.15, -0.1) is 12.4 Å². The lowest BCUT2D eigenvalue weighted by Crippen LogP contribution is -2.42. The highest BCUT2D eigenvalue weighted by Gasteiger charge is 2.27. The van der Waals surface area contributed by atoms with Crippen molar-refractivity contribution in [2.24, 2.45) is 0 Å². The number of hydrogen-bond acceptors (Lipinski definition) is 3. The summed E-state index contributed by atoms with van der Waals surface area (Å²) in [5.74, 6) is -4.90. The first-order valence-electron chi connectivity index (χ1n) is 5.78. The summed E-state index contributed by atoms with van der Waals surface area (Å²) < 4.78 is 65.4. The van der Waals surface area contributed by atoms with Gasteiger partial charge in [0.1, 0.15) is 4.90 Å². The van der Waals surface area contributed by atoms with E-state index in [1.54, 1.807) is 0 Å². The highest BCUT2D eigenvalue weighted by Crippen LogP contribution is 2.20. The summed E-state index contributed by atoms with van der Waals surface area (Å²) in [6.45, 7) is 1.29. The van der Waals surface area contributed by atoms with Gasteiger partial charge in [0.2, 0.25) is 10.0 Å². The van der Waals surface area contributed by atoms with Crippen LogP contribution in [0.5, 0.6) is 0 Å². The summed E-state index contributed by atoms with van der Waals surface area (Å²) in [4.78, 5) is -0.870. The van der Waals surface area contributed by atoms with Crippen LogP contribution in [0.15, 0.2) is 17.0 Å². The largest absolute Gasteiger partial charge is 0.317 e. The maximum Gasteiger partial charge on any atom is 0.243 e. The van der Waals surface area contributed by atoms with Crippen molar-refractivity contribution in [3.63, 3.8) is 0 Å². The van der Waals surface area contributed by atoms with Crippen molar-refractivity contribution >= 4 is 22.4 Å². The van der Waals surface area contributed by atoms with E-state index in [-0.39, 0.29) is 18.4 Å². The lowest BCUT2D eigenvalue weighted by Gasteiger charge is -2.23. The van der Waals surface area contributed by atoms with Gasteiger partial charge in [0.25, 0.3) is 0 Å². The molecular formula is C11H14ClF3N2O2S. The minimum absolute atomic E-state index is 0. The van der Waals surface area contributed by atoms with E-state index in [0.29, 0.717) is 32.0 Å². The Bertz CT molecular complexity index is 577. The molecule has 1 aliphatic rings. The van der Waals surface area contributed by atoms with E-state index in [1.807, 2.05) is 0 Å². The minimum Gasteiger partial charge on any atom is -0.317 e. The van der Waals surface area contributed by atoms with Gasteiger partial charge in [0.15, 0.2) is 17.5 Å². The topological polar surface area (TPSA) is 58.2 Å². The van der Waals surface area contributed by atoms with Crippen molar-refractivity contribution in [3.8, 4) is 0 Å². The predicted molar refractivity (Wildman–Crippen MR) is 69.8 cm³/mol. The van der Waals surface area contributed by atoms with Gasteiger partial charge >= 0.3 is 0 Å². The molecule has 4 nitrogen and oxygen atoms in total. The molecule has 20 heavy (non-hydrogen) atoms. The third kappa shape index (κ3) is 3.63. The zero-order chi connectivity index (χ0) is 14.0. The van der Waals surface area contributed by atoms with Gasteiger partial charge in [-0.05, 0) is 38.1 Å². The molecule has 0 spiro atoms. The number of benzene rings is 1. The first kappa shape index (κ1) is 17.2. The quantitative estimate of drug-likeness (QED) is 0.827. The molecule has 0 saturated carbocycles. The zero-order valence-electron chi connectivity index (χ0n) is 10.3. The molecule has 1 aromatic rings. The fraction of sp³-hybridized carbons (Fsp3) is 0.455. The predicted octanol–water partition coefficient (Wildman–Crippen LogP) is 1.56. The SMILES string of the molecule is Cl.O=S(=O)(NC1CCNCC1)c1ccc(F)c(F)c1F. The van der Waals surface area contributed by atoms with Gasteiger partial charge in [-0.3, -0.25) is 0 Å². The summed E-state index contributed by atoms with van der Waals surface area (Å²) in [5.41, 5.74) is 0. The fourth-order valence-electron chi connectivity index (χ4n) is 1.94. The third-order valence-electron chi connectivity index (χ3n) is 2.95. The van der Waals surface area contributed by atoms with Gasteiger partial charge in [0, 0.05) is 6.04 Å². The number of nitrogens with one attached hydrogen (secondary N) is 2. The third-order valence-corrected chi connectivity index (χ3v) is 4.49. The molecule has 0 atom stereocenters. The summed E-state index contributed by atoms with van der Waals surface area (Å²) in [5, 5.41) is 3.05. The number of hydrogen-bond donors (Lipinski definition) is 2. The van der Waals surface area contributed by atoms with E-state index < -0.39 is 32.4 Å². The Kier molecular flexibility index (Phi) is 5.81. The molecule has 1 saturated heterocycles. The second-order valence-corrected chi connectivity index (χ2v) is 6.00. The van der Waals surface area contributed by atoms with Gasteiger partial charge in [0.05, 0.1) is 0 Å². The molecule has 114 valence electrons. The van der Waals surface area contributed by atoms with E-state index in [1.165, 1.54) is 0 Å². The standard InChI is InChI=1S/C11H13F3N2O2S.ClH/c12-8-1-2-9(11(14)10(8)13)19(17,18)16-7-3-5-15-6-4-7;/h1-2,7,15-16H,3-6H2;1H. The summed E-state index contributed by atoms with van der Waals surface area (Å²) in [6.07, 6.45) is 1.12. The maximum absolute atomic E-state index is 13.5. The Morgan fingerprint density at radius 3 is 2.30 bits per heavy atom. The molecule has 0 aliphatic carbocycles. The zero-order valence-corrected chi connectivity index (χ0v) is 12.0. The monoisotopic (exact) mass is 330 g/mol. The van der Waals surface area contributed by atoms with Crippen molar-refractivity contribution in [1.29, 1.82) is 0 Å². The number of halogens is 4. The Balaban J connectivity index is 0.00000200. The van der Waals surface area contributed by atoms with E-state index >= 15 is 0 Å². The van der Waals surface area contributed by atoms with Crippen molar-refractivity contribution < 1.29 is 21.6 Å². The molecule has 0 bridgehead atoms. The summed E-state index contributed by atoms with van der Waals surface area (Å²) >= 11 is 0. The second kappa shape index (κ2) is 6.75. The lowest BCUT2D eigenvalue weighted by atomic mass is 10.1. The van der Waals surface area contributed by atoms with Crippen LogP contribution in [0, 0.1) is 17.5 Å². The van der Waals surface area contributed by atoms with E-state index in [0.717, 1.165) is 6.07 Å². The normalized spacial score (nSPS) is 16.8. The lowest BCUT2D eigenvalue weighted by molar-refractivity contribution is 0.418. The van der Waals surface area contributed by atoms with E-state index in [9.17, 15) is 21.6 Å². The molecule has 0 aromatic heterocycles. The minimum atomic E-state index is -4.19. The molecule has 0 unspecified atom stereocenters. The molecule has 2 rings (SSSR count). The Morgan fingerprint density at radius 2 is 1.70 bits per heavy atom. The smallest absolute Gasteiger partial charge is 0.243 e. The van der Waals surface area contributed by atoms with Crippen LogP contribution in [0.3, 0.4) is 0 Å². The molecule has 1 aromatic carbocycles. The van der Waals surface area contributed by atoms with Crippen LogP contribution in [0.2, 0.25) is 0 Å². The first-order chi connectivity index (χ1) is 8.92. The van der Waals surface area contributed by atoms with Crippen molar-refractivity contribution in [2.45, 2.75) is 23.8 Å².